The van der Waals surface area contributed by atoms with Crippen molar-refractivity contribution in [3.05, 3.63) is 64.5 Å². The topological polar surface area (TPSA) is 75.4 Å². The summed E-state index contributed by atoms with van der Waals surface area (Å²) in [7, 11) is 0. The van der Waals surface area contributed by atoms with Crippen molar-refractivity contribution in [2.75, 3.05) is 10.2 Å². The smallest absolute Gasteiger partial charge is 0.232 e. The second-order valence-electron chi connectivity index (χ2n) is 6.63. The number of amides is 2. The SMILES string of the molecule is O=C(Cc1csc(N(Cc2ccco2)C(=O)C2CC2)n1)Nc1ccc(Cl)cc1. The fraction of sp³-hybridized carbons (Fsp3) is 0.250. The number of anilines is 2. The molecule has 3 aromatic rings. The zero-order chi connectivity index (χ0) is 19.5. The molecule has 0 bridgehead atoms. The molecule has 144 valence electrons. The summed E-state index contributed by atoms with van der Waals surface area (Å²) in [6.07, 6.45) is 3.54. The van der Waals surface area contributed by atoms with E-state index >= 15 is 0 Å². The maximum atomic E-state index is 12.7. The molecule has 1 N–H and O–H groups in total. The second-order valence-corrected chi connectivity index (χ2v) is 7.90. The third-order valence-electron chi connectivity index (χ3n) is 4.33. The molecule has 2 aromatic heterocycles. The molecule has 0 saturated heterocycles. The molecular formula is C20H18ClN3O3S. The van der Waals surface area contributed by atoms with Gasteiger partial charge in [-0.1, -0.05) is 11.6 Å². The van der Waals surface area contributed by atoms with Crippen molar-refractivity contribution in [2.24, 2.45) is 5.92 Å². The lowest BCUT2D eigenvalue weighted by Gasteiger charge is -2.18. The monoisotopic (exact) mass is 415 g/mol. The van der Waals surface area contributed by atoms with Crippen LogP contribution in [0.5, 0.6) is 0 Å². The first-order chi connectivity index (χ1) is 13.6. The van der Waals surface area contributed by atoms with E-state index in [1.54, 1.807) is 41.5 Å². The first-order valence-corrected chi connectivity index (χ1v) is 10.2. The number of benzene rings is 1. The highest BCUT2D eigenvalue weighted by Crippen LogP contribution is 2.34. The Balaban J connectivity index is 1.44. The zero-order valence-electron chi connectivity index (χ0n) is 14.9. The summed E-state index contributed by atoms with van der Waals surface area (Å²) in [5.41, 5.74) is 1.30. The standard InChI is InChI=1S/C20H18ClN3O3S/c21-14-5-7-15(8-6-14)22-18(25)10-16-12-28-20(23-16)24(19(26)13-3-4-13)11-17-2-1-9-27-17/h1-2,5-9,12-13H,3-4,10-11H2,(H,22,25). The predicted octanol–water partition coefficient (Wildman–Crippen LogP) is 4.51. The fourth-order valence-corrected chi connectivity index (χ4v) is 3.71. The predicted molar refractivity (Wildman–Crippen MR) is 109 cm³/mol. The van der Waals surface area contributed by atoms with Gasteiger partial charge in [-0.15, -0.1) is 11.3 Å². The summed E-state index contributed by atoms with van der Waals surface area (Å²) in [5, 5.41) is 5.82. The van der Waals surface area contributed by atoms with Crippen molar-refractivity contribution >= 4 is 45.6 Å². The molecule has 0 unspecified atom stereocenters. The molecule has 0 radical (unpaired) electrons. The summed E-state index contributed by atoms with van der Waals surface area (Å²) >= 11 is 7.21. The average Bonchev–Trinajstić information content (AvgIpc) is 3.21. The van der Waals surface area contributed by atoms with Gasteiger partial charge in [0.05, 0.1) is 24.9 Å². The summed E-state index contributed by atoms with van der Waals surface area (Å²) in [5.74, 6) is 0.648. The van der Waals surface area contributed by atoms with Gasteiger partial charge in [-0.05, 0) is 49.2 Å². The minimum atomic E-state index is -0.176. The number of furan rings is 1. The fourth-order valence-electron chi connectivity index (χ4n) is 2.75. The molecule has 6 nitrogen and oxygen atoms in total. The summed E-state index contributed by atoms with van der Waals surface area (Å²) in [4.78, 5) is 31.1. The van der Waals surface area contributed by atoms with Crippen LogP contribution in [0.25, 0.3) is 0 Å². The highest BCUT2D eigenvalue weighted by atomic mass is 35.5. The van der Waals surface area contributed by atoms with E-state index in [0.29, 0.717) is 33.8 Å². The van der Waals surface area contributed by atoms with Gasteiger partial charge in [0, 0.05) is 22.0 Å². The number of thiazole rings is 1. The lowest BCUT2D eigenvalue weighted by Crippen LogP contribution is -2.31. The highest BCUT2D eigenvalue weighted by Gasteiger charge is 2.35. The Morgan fingerprint density at radius 1 is 1.25 bits per heavy atom. The molecule has 1 aromatic carbocycles. The molecule has 2 heterocycles. The molecule has 1 aliphatic carbocycles. The minimum absolute atomic E-state index is 0.0583. The van der Waals surface area contributed by atoms with Gasteiger partial charge in [0.25, 0.3) is 0 Å². The van der Waals surface area contributed by atoms with E-state index in [0.717, 1.165) is 12.8 Å². The first-order valence-electron chi connectivity index (χ1n) is 8.92. The maximum Gasteiger partial charge on any atom is 0.232 e. The number of carbonyl (C=O) groups is 2. The van der Waals surface area contributed by atoms with Crippen LogP contribution in [0.4, 0.5) is 10.8 Å². The maximum absolute atomic E-state index is 12.7. The number of rotatable bonds is 7. The minimum Gasteiger partial charge on any atom is -0.467 e. The molecule has 0 aliphatic heterocycles. The van der Waals surface area contributed by atoms with Gasteiger partial charge in [0.1, 0.15) is 5.76 Å². The Morgan fingerprint density at radius 2 is 2.04 bits per heavy atom. The number of hydrogen-bond donors (Lipinski definition) is 1. The van der Waals surface area contributed by atoms with Gasteiger partial charge in [-0.25, -0.2) is 4.98 Å². The molecule has 0 spiro atoms. The lowest BCUT2D eigenvalue weighted by atomic mass is 10.3. The van der Waals surface area contributed by atoms with E-state index in [1.807, 2.05) is 11.4 Å². The van der Waals surface area contributed by atoms with E-state index in [1.165, 1.54) is 11.3 Å². The molecule has 28 heavy (non-hydrogen) atoms. The molecule has 2 amide bonds. The van der Waals surface area contributed by atoms with Crippen molar-refractivity contribution < 1.29 is 14.0 Å². The Hall–Kier alpha value is -2.64. The van der Waals surface area contributed by atoms with Crippen molar-refractivity contribution in [3.63, 3.8) is 0 Å². The number of aromatic nitrogens is 1. The molecule has 1 saturated carbocycles. The third-order valence-corrected chi connectivity index (χ3v) is 5.49. The lowest BCUT2D eigenvalue weighted by molar-refractivity contribution is -0.120. The van der Waals surface area contributed by atoms with Crippen LogP contribution in [0.1, 0.15) is 24.3 Å². The van der Waals surface area contributed by atoms with E-state index in [2.05, 4.69) is 10.3 Å². The van der Waals surface area contributed by atoms with E-state index in [-0.39, 0.29) is 24.2 Å². The Labute approximate surface area is 171 Å². The normalized spacial score (nSPS) is 13.3. The molecule has 0 atom stereocenters. The number of nitrogens with zero attached hydrogens (tertiary/aromatic N) is 2. The van der Waals surface area contributed by atoms with Crippen LogP contribution in [-0.4, -0.2) is 16.8 Å². The van der Waals surface area contributed by atoms with Gasteiger partial charge in [-0.2, -0.15) is 0 Å². The number of carbonyl (C=O) groups excluding carboxylic acids is 2. The van der Waals surface area contributed by atoms with Gasteiger partial charge in [0.15, 0.2) is 5.13 Å². The average molecular weight is 416 g/mol. The van der Waals surface area contributed by atoms with Crippen LogP contribution >= 0.6 is 22.9 Å². The van der Waals surface area contributed by atoms with Gasteiger partial charge in [-0.3, -0.25) is 14.5 Å². The van der Waals surface area contributed by atoms with Crippen LogP contribution < -0.4 is 10.2 Å². The third kappa shape index (κ3) is 4.61. The summed E-state index contributed by atoms with van der Waals surface area (Å²) < 4.78 is 5.39. The van der Waals surface area contributed by atoms with E-state index in [4.69, 9.17) is 16.0 Å². The molecule has 8 heteroatoms. The van der Waals surface area contributed by atoms with Gasteiger partial charge >= 0.3 is 0 Å². The van der Waals surface area contributed by atoms with E-state index < -0.39 is 0 Å². The molecular weight excluding hydrogens is 398 g/mol. The van der Waals surface area contributed by atoms with Crippen LogP contribution in [0.2, 0.25) is 5.02 Å². The number of nitrogens with one attached hydrogen (secondary N) is 1. The van der Waals surface area contributed by atoms with Gasteiger partial charge in [0.2, 0.25) is 11.8 Å². The van der Waals surface area contributed by atoms with Crippen LogP contribution in [0, 0.1) is 5.92 Å². The summed E-state index contributed by atoms with van der Waals surface area (Å²) in [6, 6.07) is 10.5. The Bertz CT molecular complexity index is 965. The first kappa shape index (κ1) is 18.7. The molecule has 4 rings (SSSR count). The van der Waals surface area contributed by atoms with Crippen molar-refractivity contribution in [1.82, 2.24) is 4.98 Å². The van der Waals surface area contributed by atoms with Crippen molar-refractivity contribution in [3.8, 4) is 0 Å². The van der Waals surface area contributed by atoms with E-state index in [9.17, 15) is 9.59 Å². The number of hydrogen-bond acceptors (Lipinski definition) is 5. The van der Waals surface area contributed by atoms with Crippen molar-refractivity contribution in [2.45, 2.75) is 25.8 Å². The van der Waals surface area contributed by atoms with Crippen molar-refractivity contribution in [1.29, 1.82) is 0 Å². The zero-order valence-corrected chi connectivity index (χ0v) is 16.5. The quantitative estimate of drug-likeness (QED) is 0.615. The van der Waals surface area contributed by atoms with Crippen LogP contribution in [0.15, 0.2) is 52.5 Å². The van der Waals surface area contributed by atoms with Crippen LogP contribution in [0.3, 0.4) is 0 Å². The summed E-state index contributed by atoms with van der Waals surface area (Å²) in [6.45, 7) is 0.340. The second kappa shape index (κ2) is 8.16. The highest BCUT2D eigenvalue weighted by molar-refractivity contribution is 7.14. The van der Waals surface area contributed by atoms with Crippen LogP contribution in [-0.2, 0) is 22.6 Å². The van der Waals surface area contributed by atoms with Gasteiger partial charge < -0.3 is 9.73 Å². The Morgan fingerprint density at radius 3 is 2.71 bits per heavy atom. The number of halogens is 1. The largest absolute Gasteiger partial charge is 0.467 e. The molecule has 1 fully saturated rings. The Kier molecular flexibility index (Phi) is 5.45. The molecule has 1 aliphatic rings.